The van der Waals surface area contributed by atoms with Gasteiger partial charge in [0.05, 0.1) is 22.4 Å². The number of nitrogens with one attached hydrogen (secondary N) is 2. The zero-order valence-corrected chi connectivity index (χ0v) is 25.1. The lowest BCUT2D eigenvalue weighted by Crippen LogP contribution is -2.26. The normalized spacial score (nSPS) is 15.4. The first-order valence-corrected chi connectivity index (χ1v) is 14.2. The number of nitrogen functional groups attached to an aromatic ring is 1. The van der Waals surface area contributed by atoms with E-state index in [2.05, 4.69) is 30.6 Å². The Kier molecular flexibility index (Phi) is 10.3. The maximum absolute atomic E-state index is 16.4. The first-order valence-electron chi connectivity index (χ1n) is 13.9. The van der Waals surface area contributed by atoms with Crippen LogP contribution in [0.3, 0.4) is 0 Å². The maximum Gasteiger partial charge on any atom is 0.417 e. The van der Waals surface area contributed by atoms with E-state index in [9.17, 15) is 17.6 Å². The summed E-state index contributed by atoms with van der Waals surface area (Å²) in [5, 5.41) is 6.61. The van der Waals surface area contributed by atoms with Gasteiger partial charge in [-0.15, -0.1) is 0 Å². The summed E-state index contributed by atoms with van der Waals surface area (Å²) in [7, 11) is 0. The highest BCUT2D eigenvalue weighted by atomic mass is 35.5. The molecule has 1 aliphatic heterocycles. The minimum absolute atomic E-state index is 0.000317. The minimum Gasteiger partial charge on any atom is -0.474 e. The molecule has 4 aromatic rings. The van der Waals surface area contributed by atoms with Gasteiger partial charge >= 0.3 is 12.2 Å². The van der Waals surface area contributed by atoms with E-state index in [0.29, 0.717) is 42.7 Å². The summed E-state index contributed by atoms with van der Waals surface area (Å²) in [5.74, 6) is -2.62. The van der Waals surface area contributed by atoms with Crippen LogP contribution in [0, 0.1) is 18.6 Å². The highest BCUT2D eigenvalue weighted by Crippen LogP contribution is 2.44. The quantitative estimate of drug-likeness (QED) is 0.165. The Labute approximate surface area is 255 Å². The molecule has 236 valence electrons. The number of ether oxygens (including phenoxy) is 2. The highest BCUT2D eigenvalue weighted by molar-refractivity contribution is 6.31. The summed E-state index contributed by atoms with van der Waals surface area (Å²) in [5.41, 5.74) is 1.46. The molecule has 0 bridgehead atoms. The number of hydrogen-bond donors (Lipinski definition) is 3. The second-order valence-corrected chi connectivity index (χ2v) is 10.0. The smallest absolute Gasteiger partial charge is 0.417 e. The van der Waals surface area contributed by atoms with Crippen LogP contribution >= 0.6 is 11.6 Å². The van der Waals surface area contributed by atoms with Gasteiger partial charge in [-0.1, -0.05) is 25.4 Å². The van der Waals surface area contributed by atoms with Gasteiger partial charge in [0.1, 0.15) is 34.8 Å². The average Bonchev–Trinajstić information content (AvgIpc) is 3.01. The molecule has 0 aliphatic carbocycles. The van der Waals surface area contributed by atoms with E-state index in [0.717, 1.165) is 6.92 Å². The van der Waals surface area contributed by atoms with Crippen LogP contribution in [0.5, 0.6) is 11.9 Å². The molecular formula is C29H31ClF5N7O2. The molecule has 15 heteroatoms. The summed E-state index contributed by atoms with van der Waals surface area (Å²) in [6.45, 7) is 7.98. The van der Waals surface area contributed by atoms with E-state index in [1.165, 1.54) is 12.4 Å². The van der Waals surface area contributed by atoms with Crippen LogP contribution in [-0.2, 0) is 12.8 Å². The fraction of sp³-hybridized carbons (Fsp3) is 0.379. The van der Waals surface area contributed by atoms with Crippen LogP contribution in [0.15, 0.2) is 24.5 Å². The minimum atomic E-state index is -5.06. The lowest BCUT2D eigenvalue weighted by atomic mass is 9.96. The molecule has 1 atom stereocenters. The monoisotopic (exact) mass is 639 g/mol. The number of benzene rings is 1. The summed E-state index contributed by atoms with van der Waals surface area (Å²) < 4.78 is 85.3. The van der Waals surface area contributed by atoms with E-state index in [1.807, 2.05) is 13.8 Å². The van der Waals surface area contributed by atoms with Crippen molar-refractivity contribution in [1.29, 1.82) is 0 Å². The molecule has 44 heavy (non-hydrogen) atoms. The molecule has 9 nitrogen and oxygen atoms in total. The Bertz CT molecular complexity index is 1660. The number of halogens is 6. The van der Waals surface area contributed by atoms with E-state index in [4.69, 9.17) is 26.8 Å². The van der Waals surface area contributed by atoms with Crippen molar-refractivity contribution in [2.75, 3.05) is 30.7 Å². The van der Waals surface area contributed by atoms with Gasteiger partial charge in [0.2, 0.25) is 5.88 Å². The van der Waals surface area contributed by atoms with Gasteiger partial charge in [0.15, 0.2) is 5.82 Å². The third-order valence-electron chi connectivity index (χ3n) is 6.64. The van der Waals surface area contributed by atoms with Gasteiger partial charge in [-0.05, 0) is 44.5 Å². The summed E-state index contributed by atoms with van der Waals surface area (Å²) in [6, 6.07) is 2.03. The Balaban J connectivity index is 0.00000216. The first-order chi connectivity index (χ1) is 21.0. The van der Waals surface area contributed by atoms with Crippen molar-refractivity contribution >= 4 is 34.0 Å². The fourth-order valence-corrected chi connectivity index (χ4v) is 4.73. The van der Waals surface area contributed by atoms with Crippen molar-refractivity contribution in [2.24, 2.45) is 0 Å². The SMILES string of the molecule is CC.Cc1c(F)c(N)cc(-c2nc3c4c(nc(OCc5ccncc5Cl)nc4c2F)NCCNCCC(C)O3)c1C(F)(F)F. The van der Waals surface area contributed by atoms with E-state index in [1.54, 1.807) is 13.0 Å². The molecule has 1 unspecified atom stereocenters. The van der Waals surface area contributed by atoms with Crippen molar-refractivity contribution in [3.63, 3.8) is 0 Å². The first kappa shape index (κ1) is 32.9. The Morgan fingerprint density at radius 1 is 1.11 bits per heavy atom. The fourth-order valence-electron chi connectivity index (χ4n) is 4.56. The molecule has 1 aromatic carbocycles. The third-order valence-corrected chi connectivity index (χ3v) is 6.99. The molecule has 0 fully saturated rings. The molecule has 3 aromatic heterocycles. The van der Waals surface area contributed by atoms with Crippen LogP contribution in [0.4, 0.5) is 33.5 Å². The van der Waals surface area contributed by atoms with Crippen LogP contribution in [-0.4, -0.2) is 45.7 Å². The van der Waals surface area contributed by atoms with Gasteiger partial charge < -0.3 is 25.8 Å². The summed E-state index contributed by atoms with van der Waals surface area (Å²) >= 11 is 6.16. The average molecular weight is 640 g/mol. The van der Waals surface area contributed by atoms with Gasteiger partial charge in [0, 0.05) is 36.6 Å². The number of rotatable bonds is 4. The Hall–Kier alpha value is -4.04. The molecule has 0 saturated carbocycles. The predicted molar refractivity (Wildman–Crippen MR) is 158 cm³/mol. The van der Waals surface area contributed by atoms with Gasteiger partial charge in [-0.3, -0.25) is 4.98 Å². The van der Waals surface area contributed by atoms with E-state index in [-0.39, 0.29) is 29.7 Å². The molecular weight excluding hydrogens is 609 g/mol. The zero-order chi connectivity index (χ0) is 32.2. The summed E-state index contributed by atoms with van der Waals surface area (Å²) in [6.07, 6.45) is -2.11. The highest BCUT2D eigenvalue weighted by Gasteiger charge is 2.39. The molecule has 0 radical (unpaired) electrons. The number of pyridine rings is 2. The molecule has 1 aliphatic rings. The van der Waals surface area contributed by atoms with Crippen molar-refractivity contribution in [1.82, 2.24) is 25.3 Å². The van der Waals surface area contributed by atoms with Crippen LogP contribution in [0.1, 0.15) is 43.9 Å². The predicted octanol–water partition coefficient (Wildman–Crippen LogP) is 6.71. The molecule has 0 amide bonds. The van der Waals surface area contributed by atoms with Gasteiger partial charge in [-0.2, -0.15) is 23.1 Å². The summed E-state index contributed by atoms with van der Waals surface area (Å²) in [4.78, 5) is 16.7. The number of nitrogens with zero attached hydrogens (tertiary/aromatic N) is 4. The van der Waals surface area contributed by atoms with Crippen LogP contribution < -0.4 is 25.8 Å². The zero-order valence-electron chi connectivity index (χ0n) is 24.4. The number of nitrogens with two attached hydrogens (primary N) is 1. The Morgan fingerprint density at radius 3 is 2.57 bits per heavy atom. The molecule has 0 spiro atoms. The lowest BCUT2D eigenvalue weighted by Gasteiger charge is -2.21. The third kappa shape index (κ3) is 6.86. The maximum atomic E-state index is 16.4. The van der Waals surface area contributed by atoms with Gasteiger partial charge in [0.25, 0.3) is 0 Å². The van der Waals surface area contributed by atoms with Crippen molar-refractivity contribution in [2.45, 2.75) is 53.0 Å². The lowest BCUT2D eigenvalue weighted by molar-refractivity contribution is -0.137. The number of aromatic nitrogens is 4. The second-order valence-electron chi connectivity index (χ2n) is 9.63. The largest absolute Gasteiger partial charge is 0.474 e. The Morgan fingerprint density at radius 2 is 1.86 bits per heavy atom. The number of hydrogen-bond acceptors (Lipinski definition) is 9. The van der Waals surface area contributed by atoms with E-state index < -0.39 is 57.5 Å². The topological polar surface area (TPSA) is 120 Å². The van der Waals surface area contributed by atoms with Crippen molar-refractivity contribution in [3.8, 4) is 23.1 Å². The second kappa shape index (κ2) is 13.7. The van der Waals surface area contributed by atoms with E-state index >= 15 is 4.39 Å². The number of anilines is 2. The number of alkyl halides is 3. The van der Waals surface area contributed by atoms with Crippen molar-refractivity contribution in [3.05, 3.63) is 57.9 Å². The molecule has 5 rings (SSSR count). The molecule has 0 saturated heterocycles. The van der Waals surface area contributed by atoms with Crippen LogP contribution in [0.25, 0.3) is 22.2 Å². The van der Waals surface area contributed by atoms with Crippen LogP contribution in [0.2, 0.25) is 5.02 Å². The standard InChI is InChI=1S/C27H25ClF5N7O2.C2H6/c1-12-3-5-35-7-8-37-24-18-23(39-26(40-24)41-11-14-4-6-36-10-16(14)28)21(30)22(38-25(18)42-12)15-9-17(34)20(29)13(2)19(15)27(31,32)33;1-2/h4,6,9-10,12,35H,3,5,7-8,11,34H2,1-2H3,(H,37,39,40);1-2H3. The molecule has 4 N–H and O–H groups in total. The van der Waals surface area contributed by atoms with Crippen molar-refractivity contribution < 1.29 is 31.4 Å². The van der Waals surface area contributed by atoms with Gasteiger partial charge in [-0.25, -0.2) is 13.8 Å². The molecule has 4 heterocycles.